The number of likely N-dealkylation sites (tertiary alicyclic amines) is 1. The molecule has 0 aromatic heterocycles. The standard InChI is InChI=1S/C19H35N5O6S/c1-31-10-7-13(19(29)30)22-17(27)15-6-4-9-24(15)18(28)14(11-25)23-16(26)12(21)5-2-3-8-20/h12-15,25H,2-11,20-21H2,1H3,(H,22,27)(H,23,26)(H,29,30). The number of aliphatic hydroxyl groups excluding tert-OH is 1. The number of nitrogens with zero attached hydrogens (tertiary/aromatic N) is 1. The van der Waals surface area contributed by atoms with E-state index in [1.807, 2.05) is 6.26 Å². The molecule has 3 amide bonds. The van der Waals surface area contributed by atoms with Crippen LogP contribution in [0.5, 0.6) is 0 Å². The molecular formula is C19H35N5O6S. The fourth-order valence-corrected chi connectivity index (χ4v) is 3.84. The number of carbonyl (C=O) groups excluding carboxylic acids is 3. The van der Waals surface area contributed by atoms with Crippen LogP contribution in [0.4, 0.5) is 0 Å². The number of carboxylic acid groups (broad SMARTS) is 1. The summed E-state index contributed by atoms with van der Waals surface area (Å²) in [6, 6.07) is -3.96. The lowest BCUT2D eigenvalue weighted by molar-refractivity contribution is -0.145. The molecule has 0 aromatic rings. The summed E-state index contributed by atoms with van der Waals surface area (Å²) in [5.41, 5.74) is 11.3. The van der Waals surface area contributed by atoms with Gasteiger partial charge in [-0.3, -0.25) is 14.4 Å². The van der Waals surface area contributed by atoms with Crippen molar-refractivity contribution in [2.45, 2.75) is 62.7 Å². The minimum absolute atomic E-state index is 0.264. The molecule has 8 N–H and O–H groups in total. The van der Waals surface area contributed by atoms with Crippen LogP contribution in [0.15, 0.2) is 0 Å². The van der Waals surface area contributed by atoms with Gasteiger partial charge in [0.25, 0.3) is 0 Å². The number of aliphatic hydroxyl groups is 1. The Hall–Kier alpha value is -1.89. The smallest absolute Gasteiger partial charge is 0.326 e. The monoisotopic (exact) mass is 461 g/mol. The first-order chi connectivity index (χ1) is 14.8. The molecule has 0 aliphatic carbocycles. The number of aliphatic carboxylic acids is 1. The van der Waals surface area contributed by atoms with Crippen LogP contribution in [0.2, 0.25) is 0 Å². The van der Waals surface area contributed by atoms with E-state index in [0.29, 0.717) is 38.0 Å². The van der Waals surface area contributed by atoms with Gasteiger partial charge in [0.1, 0.15) is 18.1 Å². The highest BCUT2D eigenvalue weighted by Crippen LogP contribution is 2.19. The highest BCUT2D eigenvalue weighted by atomic mass is 32.2. The number of amides is 3. The second-order valence-corrected chi connectivity index (χ2v) is 8.49. The van der Waals surface area contributed by atoms with E-state index in [1.54, 1.807) is 0 Å². The number of thioether (sulfide) groups is 1. The predicted molar refractivity (Wildman–Crippen MR) is 117 cm³/mol. The largest absolute Gasteiger partial charge is 0.480 e. The lowest BCUT2D eigenvalue weighted by Crippen LogP contribution is -2.57. The molecule has 0 radical (unpaired) electrons. The maximum absolute atomic E-state index is 12.9. The van der Waals surface area contributed by atoms with Crippen molar-refractivity contribution < 1.29 is 29.4 Å². The lowest BCUT2D eigenvalue weighted by atomic mass is 10.1. The Balaban J connectivity index is 2.74. The van der Waals surface area contributed by atoms with Crippen LogP contribution in [-0.2, 0) is 19.2 Å². The van der Waals surface area contributed by atoms with Crippen molar-refractivity contribution in [3.63, 3.8) is 0 Å². The Morgan fingerprint density at radius 3 is 2.45 bits per heavy atom. The third-order valence-corrected chi connectivity index (χ3v) is 5.81. The summed E-state index contributed by atoms with van der Waals surface area (Å²) in [6.07, 6.45) is 4.82. The van der Waals surface area contributed by atoms with E-state index in [-0.39, 0.29) is 13.0 Å². The summed E-state index contributed by atoms with van der Waals surface area (Å²) in [4.78, 5) is 50.5. The number of nitrogens with one attached hydrogen (secondary N) is 2. The molecule has 1 aliphatic rings. The second kappa shape index (κ2) is 14.2. The fourth-order valence-electron chi connectivity index (χ4n) is 3.37. The van der Waals surface area contributed by atoms with Gasteiger partial charge in [-0.25, -0.2) is 4.79 Å². The van der Waals surface area contributed by atoms with Crippen LogP contribution in [0.25, 0.3) is 0 Å². The van der Waals surface area contributed by atoms with E-state index >= 15 is 0 Å². The zero-order valence-corrected chi connectivity index (χ0v) is 18.7. The maximum Gasteiger partial charge on any atom is 0.326 e. The van der Waals surface area contributed by atoms with E-state index in [2.05, 4.69) is 10.6 Å². The number of carboxylic acids is 1. The van der Waals surface area contributed by atoms with E-state index in [9.17, 15) is 29.4 Å². The van der Waals surface area contributed by atoms with Gasteiger partial charge >= 0.3 is 5.97 Å². The van der Waals surface area contributed by atoms with Crippen LogP contribution < -0.4 is 22.1 Å². The quantitative estimate of drug-likeness (QED) is 0.163. The van der Waals surface area contributed by atoms with Gasteiger partial charge in [-0.2, -0.15) is 11.8 Å². The van der Waals surface area contributed by atoms with Gasteiger partial charge in [0, 0.05) is 6.54 Å². The number of nitrogens with two attached hydrogens (primary N) is 2. The molecule has 0 aromatic carbocycles. The molecule has 11 nitrogen and oxygen atoms in total. The molecule has 4 unspecified atom stereocenters. The van der Waals surface area contributed by atoms with E-state index in [4.69, 9.17) is 11.5 Å². The molecule has 1 saturated heterocycles. The third-order valence-electron chi connectivity index (χ3n) is 5.17. The van der Waals surface area contributed by atoms with Gasteiger partial charge in [-0.15, -0.1) is 0 Å². The summed E-state index contributed by atoms with van der Waals surface area (Å²) in [5, 5.41) is 23.9. The molecule has 1 fully saturated rings. The summed E-state index contributed by atoms with van der Waals surface area (Å²) in [6.45, 7) is 0.120. The molecule has 1 heterocycles. The topological polar surface area (TPSA) is 188 Å². The van der Waals surface area contributed by atoms with Gasteiger partial charge in [-0.05, 0) is 50.7 Å². The first-order valence-electron chi connectivity index (χ1n) is 10.5. The number of carbonyl (C=O) groups is 4. The number of hydrogen-bond donors (Lipinski definition) is 6. The van der Waals surface area contributed by atoms with Crippen LogP contribution in [0.3, 0.4) is 0 Å². The minimum Gasteiger partial charge on any atom is -0.480 e. The number of unbranched alkanes of at least 4 members (excludes halogenated alkanes) is 1. The Morgan fingerprint density at radius 1 is 1.16 bits per heavy atom. The van der Waals surface area contributed by atoms with E-state index in [0.717, 1.165) is 6.42 Å². The highest BCUT2D eigenvalue weighted by molar-refractivity contribution is 7.98. The van der Waals surface area contributed by atoms with Crippen molar-refractivity contribution in [1.29, 1.82) is 0 Å². The average Bonchev–Trinajstić information content (AvgIpc) is 3.24. The Kier molecular flexibility index (Phi) is 12.5. The zero-order chi connectivity index (χ0) is 23.4. The van der Waals surface area contributed by atoms with Crippen LogP contribution in [0.1, 0.15) is 38.5 Å². The summed E-state index contributed by atoms with van der Waals surface area (Å²) < 4.78 is 0. The number of rotatable bonds is 14. The fraction of sp³-hybridized carbons (Fsp3) is 0.789. The summed E-state index contributed by atoms with van der Waals surface area (Å²) >= 11 is 1.47. The normalized spacial score (nSPS) is 18.8. The van der Waals surface area contributed by atoms with Crippen molar-refractivity contribution in [1.82, 2.24) is 15.5 Å². The first kappa shape index (κ1) is 27.1. The van der Waals surface area contributed by atoms with Crippen molar-refractivity contribution in [2.75, 3.05) is 31.7 Å². The third kappa shape index (κ3) is 8.63. The summed E-state index contributed by atoms with van der Waals surface area (Å²) in [7, 11) is 0. The van der Waals surface area contributed by atoms with Crippen molar-refractivity contribution in [3.8, 4) is 0 Å². The molecule has 0 bridgehead atoms. The van der Waals surface area contributed by atoms with E-state index < -0.39 is 54.5 Å². The molecule has 1 rings (SSSR count). The Bertz CT molecular complexity index is 623. The highest BCUT2D eigenvalue weighted by Gasteiger charge is 2.38. The Morgan fingerprint density at radius 2 is 1.87 bits per heavy atom. The minimum atomic E-state index is -1.23. The van der Waals surface area contributed by atoms with Crippen molar-refractivity contribution >= 4 is 35.5 Å². The van der Waals surface area contributed by atoms with Crippen LogP contribution in [-0.4, -0.2) is 94.7 Å². The van der Waals surface area contributed by atoms with Gasteiger partial charge in [0.2, 0.25) is 17.7 Å². The molecule has 1 aliphatic heterocycles. The first-order valence-corrected chi connectivity index (χ1v) is 11.9. The lowest BCUT2D eigenvalue weighted by Gasteiger charge is -2.29. The maximum atomic E-state index is 12.9. The van der Waals surface area contributed by atoms with Crippen LogP contribution in [0, 0.1) is 0 Å². The summed E-state index contributed by atoms with van der Waals surface area (Å²) in [5.74, 6) is -2.29. The predicted octanol–water partition coefficient (Wildman–Crippen LogP) is -1.77. The molecule has 4 atom stereocenters. The SMILES string of the molecule is CSCCC(NC(=O)C1CCCN1C(=O)C(CO)NC(=O)C(N)CCCCN)C(=O)O. The molecular weight excluding hydrogens is 426 g/mol. The Labute approximate surface area is 186 Å². The van der Waals surface area contributed by atoms with Gasteiger partial charge in [-0.1, -0.05) is 6.42 Å². The molecule has 0 spiro atoms. The average molecular weight is 462 g/mol. The zero-order valence-electron chi connectivity index (χ0n) is 17.9. The van der Waals surface area contributed by atoms with Gasteiger partial charge in [0.05, 0.1) is 12.6 Å². The molecule has 0 saturated carbocycles. The van der Waals surface area contributed by atoms with Gasteiger partial charge in [0.15, 0.2) is 0 Å². The van der Waals surface area contributed by atoms with Crippen LogP contribution >= 0.6 is 11.8 Å². The molecule has 31 heavy (non-hydrogen) atoms. The van der Waals surface area contributed by atoms with Crippen molar-refractivity contribution in [3.05, 3.63) is 0 Å². The van der Waals surface area contributed by atoms with E-state index in [1.165, 1.54) is 16.7 Å². The van der Waals surface area contributed by atoms with Crippen molar-refractivity contribution in [2.24, 2.45) is 11.5 Å². The number of hydrogen-bond acceptors (Lipinski definition) is 8. The molecule has 178 valence electrons. The van der Waals surface area contributed by atoms with Gasteiger partial charge < -0.3 is 37.2 Å². The second-order valence-electron chi connectivity index (χ2n) is 7.51. The molecule has 12 heteroatoms.